The Morgan fingerprint density at radius 3 is 0.500 bits per heavy atom. The maximum absolute atomic E-state index is 9.91. The minimum absolute atomic E-state index is 0. The van der Waals surface area contributed by atoms with Crippen molar-refractivity contribution in [2.24, 2.45) is 29.6 Å². The summed E-state index contributed by atoms with van der Waals surface area (Å²) in [6.45, 7) is 16.3. The molecule has 18 heteroatoms. The van der Waals surface area contributed by atoms with Gasteiger partial charge in [0.25, 0.3) is 0 Å². The summed E-state index contributed by atoms with van der Waals surface area (Å²) in [5.41, 5.74) is 0. The van der Waals surface area contributed by atoms with E-state index in [2.05, 4.69) is 34.6 Å². The molecule has 0 bridgehead atoms. The number of halogens is 12. The summed E-state index contributed by atoms with van der Waals surface area (Å²) in [4.78, 5) is 0. The fourth-order valence-corrected chi connectivity index (χ4v) is 2.39. The van der Waals surface area contributed by atoms with E-state index in [9.17, 15) is 28.1 Å². The van der Waals surface area contributed by atoms with Gasteiger partial charge < -0.3 is 9.41 Å². The van der Waals surface area contributed by atoms with Gasteiger partial charge in [-0.1, -0.05) is 34.6 Å². The van der Waals surface area contributed by atoms with Gasteiger partial charge >= 0.3 is 88.2 Å². The van der Waals surface area contributed by atoms with Gasteiger partial charge in [-0.15, -0.1) is 0 Å². The second-order valence-corrected chi connectivity index (χ2v) is 13.5. The molecule has 0 aromatic carbocycles. The van der Waals surface area contributed by atoms with Crippen LogP contribution in [-0.4, -0.2) is 40.6 Å². The van der Waals surface area contributed by atoms with Crippen molar-refractivity contribution < 1.29 is 57.0 Å². The molecule has 211 valence electrons. The van der Waals surface area contributed by atoms with Crippen LogP contribution in [0.4, 0.5) is 28.1 Å². The first-order chi connectivity index (χ1) is 13.3. The number of hydrogen-bond acceptors (Lipinski definition) is 3. The summed E-state index contributed by atoms with van der Waals surface area (Å²) >= 11 is -18.4. The van der Waals surface area contributed by atoms with Gasteiger partial charge in [-0.3, -0.25) is 0 Å². The fourth-order valence-electron chi connectivity index (χ4n) is 2.39. The second-order valence-electron chi connectivity index (χ2n) is 6.24. The van der Waals surface area contributed by atoms with E-state index in [-0.39, 0.29) is 28.9 Å². The first kappa shape index (κ1) is 54.7. The average Bonchev–Trinajstić information content (AvgIpc) is 2.63. The van der Waals surface area contributed by atoms with E-state index >= 15 is 0 Å². The zero-order valence-electron chi connectivity index (χ0n) is 19.5. The van der Waals surface area contributed by atoms with Crippen LogP contribution in [0.2, 0.25) is 0 Å². The zero-order valence-corrected chi connectivity index (χ0v) is 26.2. The van der Waals surface area contributed by atoms with Crippen LogP contribution in [0.5, 0.6) is 0 Å². The largest absolute Gasteiger partial charge is 2.00 e. The van der Waals surface area contributed by atoms with E-state index in [0.29, 0.717) is 0 Å². The molecule has 0 aliphatic heterocycles. The Labute approximate surface area is 215 Å². The summed E-state index contributed by atoms with van der Waals surface area (Å²) in [6, 6.07) is 5.25. The van der Waals surface area contributed by atoms with Crippen LogP contribution >= 0.6 is 0 Å². The van der Waals surface area contributed by atoms with E-state index in [1.807, 2.05) is 0 Å². The van der Waals surface area contributed by atoms with Crippen LogP contribution in [0.1, 0.15) is 55.4 Å². The van der Waals surface area contributed by atoms with Crippen LogP contribution in [0.25, 0.3) is 0 Å². The molecular formula is C16H29F12N3RhSb2. The van der Waals surface area contributed by atoms with Crippen molar-refractivity contribution in [2.45, 2.75) is 55.4 Å². The van der Waals surface area contributed by atoms with Gasteiger partial charge in [0.05, 0.1) is 18.2 Å². The zero-order chi connectivity index (χ0) is 26.9. The molecule has 1 radical (unpaired) electrons. The molecule has 1 saturated carbocycles. The average molecular weight is 838 g/mol. The molecule has 1 aliphatic rings. The van der Waals surface area contributed by atoms with Crippen molar-refractivity contribution >= 4 is 40.6 Å². The predicted molar refractivity (Wildman–Crippen MR) is 102 cm³/mol. The molecule has 0 N–H and O–H groups in total. The van der Waals surface area contributed by atoms with Crippen LogP contribution in [0.3, 0.4) is 0 Å². The third-order valence-corrected chi connectivity index (χ3v) is 4.15. The van der Waals surface area contributed by atoms with E-state index in [1.165, 1.54) is 20.8 Å². The Balaban J connectivity index is -0.0000000419. The van der Waals surface area contributed by atoms with Crippen molar-refractivity contribution in [3.05, 3.63) is 0 Å². The van der Waals surface area contributed by atoms with Crippen molar-refractivity contribution in [3.8, 4) is 18.2 Å². The topological polar surface area (TPSA) is 71.4 Å². The Bertz CT molecular complexity index is 478. The molecule has 0 aromatic rings. The van der Waals surface area contributed by atoms with Gasteiger partial charge in [-0.2, -0.15) is 15.8 Å². The molecule has 3 nitrogen and oxygen atoms in total. The van der Waals surface area contributed by atoms with Gasteiger partial charge in [-0.05, 0) is 29.6 Å². The van der Waals surface area contributed by atoms with Crippen LogP contribution in [0, 0.1) is 63.6 Å². The minimum Gasteiger partial charge on any atom is 2.00 e. The normalized spacial score (nSPS) is 23.8. The fraction of sp³-hybridized carbons (Fsp3) is 0.812. The number of rotatable bonds is 0. The van der Waals surface area contributed by atoms with Crippen LogP contribution < -0.4 is 9.41 Å². The number of hydrogen-bond donors (Lipinski definition) is 0. The Morgan fingerprint density at radius 1 is 0.441 bits per heavy atom. The molecule has 0 aromatic heterocycles. The van der Waals surface area contributed by atoms with Gasteiger partial charge in [0.2, 0.25) is 0 Å². The van der Waals surface area contributed by atoms with E-state index in [1.54, 1.807) is 18.2 Å². The van der Waals surface area contributed by atoms with Crippen molar-refractivity contribution in [1.82, 2.24) is 0 Å². The van der Waals surface area contributed by atoms with Gasteiger partial charge in [0.1, 0.15) is 0 Å². The number of nitrogens with zero attached hydrogens (tertiary/aromatic N) is 3. The maximum Gasteiger partial charge on any atom is 2.00 e. The molecule has 0 amide bonds. The number of nitriles is 3. The molecular weight excluding hydrogens is 809 g/mol. The standard InChI is InChI=1S/C10H20.3C2H3N.12FH.Rh.2Sb/c1-6-7(2)9(4)10(5)8(6)3;3*1-2-3;;;;;;;;;;;;;;;/h6-10H,1-5H3;3*1H3;12*1H;;;/q;;;;;;;;;;;;;;;;+2;2*+5/p-12. The minimum atomic E-state index is -9.19. The predicted octanol–water partition coefficient (Wildman–Crippen LogP) is 2.22. The summed E-state index contributed by atoms with van der Waals surface area (Å²) in [7, 11) is 0. The van der Waals surface area contributed by atoms with Crippen LogP contribution in [-0.2, 0) is 19.5 Å². The maximum atomic E-state index is 9.91. The molecule has 0 saturated heterocycles. The monoisotopic (exact) mass is 836 g/mol. The molecule has 1 fully saturated rings. The summed E-state index contributed by atoms with van der Waals surface area (Å²) < 4.78 is 99.1. The van der Waals surface area contributed by atoms with Crippen LogP contribution in [0.15, 0.2) is 0 Å². The third kappa shape index (κ3) is 76.9. The Hall–Kier alpha value is -0.110. The molecule has 0 unspecified atom stereocenters. The van der Waals surface area contributed by atoms with Crippen molar-refractivity contribution in [3.63, 3.8) is 0 Å². The van der Waals surface area contributed by atoms with E-state index < -0.39 is 40.6 Å². The summed E-state index contributed by atoms with van der Waals surface area (Å²) in [5, 5.41) is 22.0. The molecule has 1 rings (SSSR count). The quantitative estimate of drug-likeness (QED) is 0.278. The summed E-state index contributed by atoms with van der Waals surface area (Å²) in [6.07, 6.45) is 0. The van der Waals surface area contributed by atoms with E-state index in [0.717, 1.165) is 29.6 Å². The summed E-state index contributed by atoms with van der Waals surface area (Å²) in [5.74, 6) is 4.68. The van der Waals surface area contributed by atoms with Crippen molar-refractivity contribution in [1.29, 1.82) is 15.8 Å². The van der Waals surface area contributed by atoms with E-state index in [4.69, 9.17) is 15.8 Å². The Kier molecular flexibility index (Phi) is 37.5. The van der Waals surface area contributed by atoms with Gasteiger partial charge in [0.15, 0.2) is 0 Å². The smallest absolute Gasteiger partial charge is 2.00 e. The van der Waals surface area contributed by atoms with Gasteiger partial charge in [-0.25, -0.2) is 0 Å². The molecule has 1 aliphatic carbocycles. The molecule has 0 heterocycles. The third-order valence-electron chi connectivity index (χ3n) is 4.15. The molecule has 0 spiro atoms. The SMILES string of the molecule is CC#N.CC#N.CC#N.CC1C(C)C(C)C(C)C1C.[F-].[F-].[F][Sb]([F])([F])([F])[F].[F][Sb]([F])([F])([F])[F].[Rh+2]. The molecule has 34 heavy (non-hydrogen) atoms. The van der Waals surface area contributed by atoms with Gasteiger partial charge in [0, 0.05) is 20.8 Å². The Morgan fingerprint density at radius 2 is 0.471 bits per heavy atom. The second kappa shape index (κ2) is 23.3. The first-order valence-electron chi connectivity index (χ1n) is 8.41. The molecule has 0 atom stereocenters. The first-order valence-corrected chi connectivity index (χ1v) is 18.1. The van der Waals surface area contributed by atoms with Crippen molar-refractivity contribution in [2.75, 3.05) is 0 Å².